The summed E-state index contributed by atoms with van der Waals surface area (Å²) in [5, 5.41) is 7.78. The Bertz CT molecular complexity index is 1550. The SMILES string of the molecule is CCOC(=O)[C@H](Cc1ccccc1)NC(=O)[C@H](CCCS[C@@H]1O[C@H](COC(C)=O)[C@@H](OC(C)=O)[C@H](OC(C)=O)[C@H]1OC(C)=O)NC(=O)[C@H](C)NC(=O)OC(C)(C)C. The molecule has 2 rings (SSSR count). The Morgan fingerprint density at radius 2 is 1.33 bits per heavy atom. The first-order chi connectivity index (χ1) is 26.7. The first-order valence-electron chi connectivity index (χ1n) is 18.4. The predicted octanol–water partition coefficient (Wildman–Crippen LogP) is 2.27. The fraction of sp³-hybridized carbons (Fsp3) is 0.632. The predicted molar refractivity (Wildman–Crippen MR) is 203 cm³/mol. The number of nitrogens with one attached hydrogen (secondary N) is 3. The number of esters is 5. The minimum atomic E-state index is -1.36. The molecule has 3 amide bonds. The molecule has 0 bridgehead atoms. The minimum absolute atomic E-state index is 0.00408. The molecule has 0 unspecified atom stereocenters. The lowest BCUT2D eigenvalue weighted by molar-refractivity contribution is -0.237. The van der Waals surface area contributed by atoms with Gasteiger partial charge in [-0.1, -0.05) is 30.3 Å². The molecule has 0 aliphatic carbocycles. The summed E-state index contributed by atoms with van der Waals surface area (Å²) < 4.78 is 38.2. The maximum atomic E-state index is 13.9. The summed E-state index contributed by atoms with van der Waals surface area (Å²) in [4.78, 5) is 101. The molecule has 1 heterocycles. The average Bonchev–Trinajstić information content (AvgIpc) is 3.09. The van der Waals surface area contributed by atoms with E-state index in [9.17, 15) is 38.4 Å². The largest absolute Gasteiger partial charge is 0.464 e. The van der Waals surface area contributed by atoms with Crippen LogP contribution in [0.4, 0.5) is 4.79 Å². The third kappa shape index (κ3) is 17.8. The molecule has 1 aromatic rings. The van der Waals surface area contributed by atoms with Gasteiger partial charge in [-0.25, -0.2) is 9.59 Å². The monoisotopic (exact) mass is 825 g/mol. The van der Waals surface area contributed by atoms with Crippen LogP contribution in [-0.2, 0) is 73.1 Å². The van der Waals surface area contributed by atoms with Crippen molar-refractivity contribution in [1.29, 1.82) is 0 Å². The van der Waals surface area contributed by atoms with Crippen LogP contribution in [0.2, 0.25) is 0 Å². The summed E-state index contributed by atoms with van der Waals surface area (Å²) in [6.07, 6.45) is -5.68. The second-order valence-electron chi connectivity index (χ2n) is 14.0. The van der Waals surface area contributed by atoms with Crippen molar-refractivity contribution in [3.8, 4) is 0 Å². The number of alkyl carbamates (subject to hydrolysis) is 1. The Morgan fingerprint density at radius 3 is 1.89 bits per heavy atom. The number of rotatable bonds is 19. The van der Waals surface area contributed by atoms with Gasteiger partial charge in [0.05, 0.1) is 6.61 Å². The molecule has 1 aromatic carbocycles. The Morgan fingerprint density at radius 1 is 0.754 bits per heavy atom. The van der Waals surface area contributed by atoms with Gasteiger partial charge in [0.15, 0.2) is 18.3 Å². The standard InChI is InChI=1S/C38H55N3O15S/c1-10-50-35(48)28(19-26-15-12-11-13-16-26)41-34(47)27(40-33(46)21(2)39-37(49)56-38(7,8)9)17-14-18-57-36-32(54-25(6)45)31(53-24(5)44)30(52-23(4)43)29(55-36)20-51-22(3)42/h11-13,15-16,21,27-32,36H,10,14,17-20H2,1-9H3,(H,39,49)(H,40,46)(H,41,47)/t21-,27-,28-,29+,30+,31-,32+,36-/m0/s1. The average molecular weight is 826 g/mol. The quantitative estimate of drug-likeness (QED) is 0.103. The number of ether oxygens (including phenoxy) is 7. The van der Waals surface area contributed by atoms with Gasteiger partial charge in [0.1, 0.15) is 41.9 Å². The van der Waals surface area contributed by atoms with E-state index in [2.05, 4.69) is 16.0 Å². The zero-order valence-corrected chi connectivity index (χ0v) is 34.6. The second kappa shape index (κ2) is 23.4. The number of benzene rings is 1. The normalized spacial score (nSPS) is 20.6. The van der Waals surface area contributed by atoms with Gasteiger partial charge in [0.2, 0.25) is 11.8 Å². The van der Waals surface area contributed by atoms with Crippen molar-refractivity contribution in [3.05, 3.63) is 35.9 Å². The molecule has 318 valence electrons. The van der Waals surface area contributed by atoms with Crippen molar-refractivity contribution in [3.63, 3.8) is 0 Å². The fourth-order valence-corrected chi connectivity index (χ4v) is 6.67. The summed E-state index contributed by atoms with van der Waals surface area (Å²) in [7, 11) is 0. The van der Waals surface area contributed by atoms with Crippen LogP contribution in [0.5, 0.6) is 0 Å². The Balaban J connectivity index is 2.36. The summed E-state index contributed by atoms with van der Waals surface area (Å²) in [6.45, 7) is 12.2. The molecular formula is C38H55N3O15S. The van der Waals surface area contributed by atoms with Gasteiger partial charge in [0, 0.05) is 34.1 Å². The van der Waals surface area contributed by atoms with Crippen LogP contribution < -0.4 is 16.0 Å². The zero-order valence-electron chi connectivity index (χ0n) is 33.8. The molecule has 8 atom stereocenters. The third-order valence-electron chi connectivity index (χ3n) is 7.80. The van der Waals surface area contributed by atoms with Crippen molar-refractivity contribution >= 4 is 59.5 Å². The van der Waals surface area contributed by atoms with E-state index in [0.717, 1.165) is 45.0 Å². The van der Waals surface area contributed by atoms with E-state index in [-0.39, 0.29) is 31.6 Å². The molecule has 0 saturated carbocycles. The first kappa shape index (κ1) is 48.2. The van der Waals surface area contributed by atoms with Gasteiger partial charge in [-0.05, 0) is 58.8 Å². The molecule has 1 fully saturated rings. The van der Waals surface area contributed by atoms with Crippen molar-refractivity contribution in [2.75, 3.05) is 19.0 Å². The number of thioether (sulfide) groups is 1. The number of hydrogen-bond acceptors (Lipinski definition) is 16. The molecular weight excluding hydrogens is 770 g/mol. The number of carbonyl (C=O) groups excluding carboxylic acids is 8. The van der Waals surface area contributed by atoms with Crippen LogP contribution in [0.1, 0.15) is 80.7 Å². The van der Waals surface area contributed by atoms with Gasteiger partial charge in [-0.3, -0.25) is 28.8 Å². The van der Waals surface area contributed by atoms with E-state index in [0.29, 0.717) is 0 Å². The third-order valence-corrected chi connectivity index (χ3v) is 9.03. The van der Waals surface area contributed by atoms with Crippen molar-refractivity contribution in [2.45, 2.75) is 135 Å². The summed E-state index contributed by atoms with van der Waals surface area (Å²) in [6, 6.07) is 5.47. The zero-order chi connectivity index (χ0) is 42.9. The molecule has 0 aromatic heterocycles. The number of hydrogen-bond donors (Lipinski definition) is 3. The smallest absolute Gasteiger partial charge is 0.408 e. The maximum Gasteiger partial charge on any atom is 0.408 e. The Labute approximate surface area is 336 Å². The van der Waals surface area contributed by atoms with E-state index in [4.69, 9.17) is 33.2 Å². The fourth-order valence-electron chi connectivity index (χ4n) is 5.48. The highest BCUT2D eigenvalue weighted by molar-refractivity contribution is 7.99. The van der Waals surface area contributed by atoms with Gasteiger partial charge < -0.3 is 49.1 Å². The Kier molecular flexibility index (Phi) is 19.8. The van der Waals surface area contributed by atoms with Crippen molar-refractivity contribution in [1.82, 2.24) is 16.0 Å². The molecule has 1 saturated heterocycles. The van der Waals surface area contributed by atoms with Crippen LogP contribution >= 0.6 is 11.8 Å². The molecule has 0 radical (unpaired) electrons. The van der Waals surface area contributed by atoms with Gasteiger partial charge in [0.25, 0.3) is 0 Å². The summed E-state index contributed by atoms with van der Waals surface area (Å²) in [5.41, 5.74) is -1.16. The number of amides is 3. The van der Waals surface area contributed by atoms with Crippen molar-refractivity contribution in [2.24, 2.45) is 0 Å². The second-order valence-corrected chi connectivity index (χ2v) is 15.2. The maximum absolute atomic E-state index is 13.9. The lowest BCUT2D eigenvalue weighted by Crippen LogP contribution is -2.61. The number of carbonyl (C=O) groups is 8. The molecule has 1 aliphatic heterocycles. The van der Waals surface area contributed by atoms with Crippen LogP contribution in [-0.4, -0.2) is 120 Å². The van der Waals surface area contributed by atoms with E-state index in [1.54, 1.807) is 58.0 Å². The van der Waals surface area contributed by atoms with Gasteiger partial charge >= 0.3 is 35.9 Å². The summed E-state index contributed by atoms with van der Waals surface area (Å²) in [5.74, 6) is -4.89. The Hall–Kier alpha value is -4.91. The van der Waals surface area contributed by atoms with Crippen molar-refractivity contribution < 1.29 is 71.5 Å². The van der Waals surface area contributed by atoms with Crippen LogP contribution in [0.25, 0.3) is 0 Å². The highest BCUT2D eigenvalue weighted by atomic mass is 32.2. The molecule has 3 N–H and O–H groups in total. The molecule has 18 nitrogen and oxygen atoms in total. The minimum Gasteiger partial charge on any atom is -0.464 e. The molecule has 1 aliphatic rings. The van der Waals surface area contributed by atoms with E-state index in [1.165, 1.54) is 6.92 Å². The van der Waals surface area contributed by atoms with E-state index >= 15 is 0 Å². The molecule has 19 heteroatoms. The van der Waals surface area contributed by atoms with Gasteiger partial charge in [-0.15, -0.1) is 11.8 Å². The van der Waals surface area contributed by atoms with E-state index in [1.807, 2.05) is 0 Å². The first-order valence-corrected chi connectivity index (χ1v) is 19.5. The lowest BCUT2D eigenvalue weighted by atomic mass is 9.99. The van der Waals surface area contributed by atoms with E-state index < -0.39 is 108 Å². The van der Waals surface area contributed by atoms with Crippen LogP contribution in [0, 0.1) is 0 Å². The molecule has 0 spiro atoms. The topological polar surface area (TPSA) is 237 Å². The highest BCUT2D eigenvalue weighted by Gasteiger charge is 2.52. The lowest BCUT2D eigenvalue weighted by Gasteiger charge is -2.44. The van der Waals surface area contributed by atoms with Crippen LogP contribution in [0.3, 0.4) is 0 Å². The highest BCUT2D eigenvalue weighted by Crippen LogP contribution is 2.35. The van der Waals surface area contributed by atoms with Gasteiger partial charge in [-0.2, -0.15) is 0 Å². The summed E-state index contributed by atoms with van der Waals surface area (Å²) >= 11 is 1.09. The molecule has 57 heavy (non-hydrogen) atoms. The van der Waals surface area contributed by atoms with Crippen LogP contribution in [0.15, 0.2) is 30.3 Å².